The topological polar surface area (TPSA) is 46.9 Å². The third kappa shape index (κ3) is 2.36. The lowest BCUT2D eigenvalue weighted by Gasteiger charge is -2.23. The number of benzene rings is 2. The lowest BCUT2D eigenvalue weighted by Crippen LogP contribution is -2.25. The first-order valence-electron chi connectivity index (χ1n) is 7.51. The van der Waals surface area contributed by atoms with Crippen molar-refractivity contribution in [2.24, 2.45) is 0 Å². The number of hydrogen-bond donors (Lipinski definition) is 1. The molecule has 1 N–H and O–H groups in total. The van der Waals surface area contributed by atoms with Gasteiger partial charge in [0, 0.05) is 18.0 Å². The number of nitrogens with one attached hydrogen (secondary N) is 1. The maximum absolute atomic E-state index is 13.6. The second-order valence-electron chi connectivity index (χ2n) is 5.66. The van der Waals surface area contributed by atoms with E-state index in [1.807, 2.05) is 30.3 Å². The predicted octanol–water partition coefficient (Wildman–Crippen LogP) is 3.62. The molecular formula is C18H13F2N3O. The number of imidazole rings is 1. The van der Waals surface area contributed by atoms with Gasteiger partial charge in [-0.05, 0) is 29.8 Å². The van der Waals surface area contributed by atoms with Crippen molar-refractivity contribution < 1.29 is 13.6 Å². The highest BCUT2D eigenvalue weighted by atomic mass is 19.2. The SMILES string of the molecule is O=C1C[C@@H](c2ccc(F)c(F)c2)c2ncn(-c3ccccc3)c2N1. The highest BCUT2D eigenvalue weighted by Crippen LogP contribution is 2.37. The summed E-state index contributed by atoms with van der Waals surface area (Å²) in [5.74, 6) is -1.87. The van der Waals surface area contributed by atoms with Crippen LogP contribution in [0.25, 0.3) is 5.69 Å². The number of anilines is 1. The van der Waals surface area contributed by atoms with E-state index in [2.05, 4.69) is 10.3 Å². The third-order valence-corrected chi connectivity index (χ3v) is 4.15. The van der Waals surface area contributed by atoms with Gasteiger partial charge in [-0.15, -0.1) is 0 Å². The van der Waals surface area contributed by atoms with E-state index in [1.165, 1.54) is 6.07 Å². The number of hydrogen-bond acceptors (Lipinski definition) is 2. The van der Waals surface area contributed by atoms with Crippen LogP contribution in [0.15, 0.2) is 54.9 Å². The van der Waals surface area contributed by atoms with Gasteiger partial charge in [-0.2, -0.15) is 0 Å². The van der Waals surface area contributed by atoms with Gasteiger partial charge in [-0.25, -0.2) is 13.8 Å². The van der Waals surface area contributed by atoms with Crippen LogP contribution in [0.1, 0.15) is 23.6 Å². The van der Waals surface area contributed by atoms with Crippen LogP contribution in [0, 0.1) is 11.6 Å². The van der Waals surface area contributed by atoms with Crippen LogP contribution in [-0.2, 0) is 4.79 Å². The Balaban J connectivity index is 1.82. The zero-order chi connectivity index (χ0) is 16.7. The zero-order valence-electron chi connectivity index (χ0n) is 12.5. The fourth-order valence-electron chi connectivity index (χ4n) is 3.00. The number of para-hydroxylation sites is 1. The minimum atomic E-state index is -0.928. The van der Waals surface area contributed by atoms with Crippen LogP contribution in [0.3, 0.4) is 0 Å². The molecule has 24 heavy (non-hydrogen) atoms. The molecule has 0 fully saturated rings. The molecule has 1 aliphatic heterocycles. The Labute approximate surface area is 136 Å². The molecule has 3 aromatic rings. The number of rotatable bonds is 2. The average molecular weight is 325 g/mol. The van der Waals surface area contributed by atoms with Crippen LogP contribution in [0.5, 0.6) is 0 Å². The maximum atomic E-state index is 13.6. The Bertz CT molecular complexity index is 921. The Hall–Kier alpha value is -3.02. The number of carbonyl (C=O) groups excluding carboxylic acids is 1. The molecule has 1 atom stereocenters. The average Bonchev–Trinajstić information content (AvgIpc) is 3.01. The van der Waals surface area contributed by atoms with Crippen molar-refractivity contribution in [3.63, 3.8) is 0 Å². The Morgan fingerprint density at radius 1 is 1.08 bits per heavy atom. The van der Waals surface area contributed by atoms with Gasteiger partial charge < -0.3 is 5.32 Å². The van der Waals surface area contributed by atoms with E-state index in [-0.39, 0.29) is 12.3 Å². The Morgan fingerprint density at radius 3 is 2.62 bits per heavy atom. The lowest BCUT2D eigenvalue weighted by molar-refractivity contribution is -0.116. The van der Waals surface area contributed by atoms with Crippen LogP contribution in [0.2, 0.25) is 0 Å². The van der Waals surface area contributed by atoms with E-state index in [4.69, 9.17) is 0 Å². The largest absolute Gasteiger partial charge is 0.310 e. The molecule has 1 aliphatic rings. The lowest BCUT2D eigenvalue weighted by atomic mass is 9.89. The van der Waals surface area contributed by atoms with E-state index in [1.54, 1.807) is 10.9 Å². The highest BCUT2D eigenvalue weighted by Gasteiger charge is 2.31. The molecule has 4 rings (SSSR count). The van der Waals surface area contributed by atoms with Crippen LogP contribution in [0.4, 0.5) is 14.6 Å². The number of fused-ring (bicyclic) bond motifs is 1. The molecule has 0 spiro atoms. The summed E-state index contributed by atoms with van der Waals surface area (Å²) in [6.07, 6.45) is 1.77. The van der Waals surface area contributed by atoms with Crippen LogP contribution >= 0.6 is 0 Å². The molecule has 0 unspecified atom stereocenters. The first-order chi connectivity index (χ1) is 11.6. The molecule has 1 aromatic heterocycles. The summed E-state index contributed by atoms with van der Waals surface area (Å²) in [6.45, 7) is 0. The molecule has 0 aliphatic carbocycles. The molecule has 0 saturated carbocycles. The van der Waals surface area contributed by atoms with E-state index >= 15 is 0 Å². The van der Waals surface area contributed by atoms with Gasteiger partial charge in [0.25, 0.3) is 0 Å². The first-order valence-corrected chi connectivity index (χ1v) is 7.51. The van der Waals surface area contributed by atoms with Gasteiger partial charge >= 0.3 is 0 Å². The highest BCUT2D eigenvalue weighted by molar-refractivity contribution is 5.94. The summed E-state index contributed by atoms with van der Waals surface area (Å²) in [7, 11) is 0. The van der Waals surface area contributed by atoms with E-state index in [0.29, 0.717) is 17.1 Å². The number of halogens is 2. The molecule has 0 saturated heterocycles. The first kappa shape index (κ1) is 14.6. The van der Waals surface area contributed by atoms with Crippen molar-refractivity contribution in [1.29, 1.82) is 0 Å². The fourth-order valence-corrected chi connectivity index (χ4v) is 3.00. The summed E-state index contributed by atoms with van der Waals surface area (Å²) in [5.41, 5.74) is 2.03. The van der Waals surface area contributed by atoms with E-state index < -0.39 is 17.6 Å². The summed E-state index contributed by atoms with van der Waals surface area (Å²) < 4.78 is 28.5. The maximum Gasteiger partial charge on any atom is 0.226 e. The predicted molar refractivity (Wildman–Crippen MR) is 85.0 cm³/mol. The molecule has 0 bridgehead atoms. The molecule has 0 radical (unpaired) electrons. The summed E-state index contributed by atoms with van der Waals surface area (Å²) >= 11 is 0. The molecule has 120 valence electrons. The van der Waals surface area contributed by atoms with Crippen molar-refractivity contribution in [2.75, 3.05) is 5.32 Å². The van der Waals surface area contributed by atoms with Gasteiger partial charge in [0.2, 0.25) is 5.91 Å². The quantitative estimate of drug-likeness (QED) is 0.782. The molecule has 4 nitrogen and oxygen atoms in total. The molecule has 1 amide bonds. The van der Waals surface area contributed by atoms with Gasteiger partial charge in [-0.1, -0.05) is 24.3 Å². The number of aromatic nitrogens is 2. The Kier molecular flexibility index (Phi) is 3.37. The summed E-state index contributed by atoms with van der Waals surface area (Å²) in [5, 5.41) is 2.83. The fraction of sp³-hybridized carbons (Fsp3) is 0.111. The van der Waals surface area contributed by atoms with E-state index in [9.17, 15) is 13.6 Å². The van der Waals surface area contributed by atoms with Crippen LogP contribution in [-0.4, -0.2) is 15.5 Å². The monoisotopic (exact) mass is 325 g/mol. The molecule has 2 heterocycles. The number of nitrogens with zero attached hydrogens (tertiary/aromatic N) is 2. The van der Waals surface area contributed by atoms with Crippen molar-refractivity contribution in [1.82, 2.24) is 9.55 Å². The molecular weight excluding hydrogens is 312 g/mol. The van der Waals surface area contributed by atoms with E-state index in [0.717, 1.165) is 17.8 Å². The summed E-state index contributed by atoms with van der Waals surface area (Å²) in [6, 6.07) is 13.2. The second kappa shape index (κ2) is 5.56. The van der Waals surface area contributed by atoms with Gasteiger partial charge in [0.05, 0.1) is 5.69 Å². The minimum Gasteiger partial charge on any atom is -0.310 e. The molecule has 6 heteroatoms. The zero-order valence-corrected chi connectivity index (χ0v) is 12.5. The van der Waals surface area contributed by atoms with Crippen molar-refractivity contribution in [3.8, 4) is 5.69 Å². The van der Waals surface area contributed by atoms with Crippen molar-refractivity contribution in [3.05, 3.63) is 77.8 Å². The van der Waals surface area contributed by atoms with Crippen molar-refractivity contribution in [2.45, 2.75) is 12.3 Å². The third-order valence-electron chi connectivity index (χ3n) is 4.15. The Morgan fingerprint density at radius 2 is 1.88 bits per heavy atom. The number of carbonyl (C=O) groups is 1. The normalized spacial score (nSPS) is 16.6. The smallest absolute Gasteiger partial charge is 0.226 e. The van der Waals surface area contributed by atoms with Crippen molar-refractivity contribution >= 4 is 11.7 Å². The molecule has 2 aromatic carbocycles. The van der Waals surface area contributed by atoms with Gasteiger partial charge in [0.15, 0.2) is 11.6 Å². The summed E-state index contributed by atoms with van der Waals surface area (Å²) in [4.78, 5) is 16.5. The van der Waals surface area contributed by atoms with Gasteiger partial charge in [-0.3, -0.25) is 9.36 Å². The van der Waals surface area contributed by atoms with Gasteiger partial charge in [0.1, 0.15) is 12.1 Å². The van der Waals surface area contributed by atoms with Crippen LogP contribution < -0.4 is 5.32 Å². The standard InChI is InChI=1S/C18H13F2N3O/c19-14-7-6-11(8-15(14)20)13-9-16(24)22-18-17(13)21-10-23(18)12-4-2-1-3-5-12/h1-8,10,13H,9H2,(H,22,24)/t13-/m0/s1. The minimum absolute atomic E-state index is 0.143. The number of amides is 1. The second-order valence-corrected chi connectivity index (χ2v) is 5.66.